The van der Waals surface area contributed by atoms with Crippen molar-refractivity contribution in [1.82, 2.24) is 9.88 Å². The van der Waals surface area contributed by atoms with E-state index < -0.39 is 5.97 Å². The van der Waals surface area contributed by atoms with Crippen LogP contribution in [0.4, 0.5) is 4.39 Å². The number of amides is 1. The number of nitrogens with one attached hydrogen (secondary N) is 1. The van der Waals surface area contributed by atoms with Crippen LogP contribution in [0.3, 0.4) is 0 Å². The number of fused-ring (bicyclic) bond motifs is 1. The minimum absolute atomic E-state index is 0.0599. The second-order valence-corrected chi connectivity index (χ2v) is 7.55. The molecule has 0 spiro atoms. The third-order valence-corrected chi connectivity index (χ3v) is 5.82. The maximum atomic E-state index is 13.4. The molecule has 6 heteroatoms. The van der Waals surface area contributed by atoms with Crippen LogP contribution in [0.5, 0.6) is 0 Å². The smallest absolute Gasteiger partial charge is 0.335 e. The van der Waals surface area contributed by atoms with E-state index in [0.29, 0.717) is 37.4 Å². The first kappa shape index (κ1) is 19.2. The summed E-state index contributed by atoms with van der Waals surface area (Å²) < 4.78 is 13.4. The largest absolute Gasteiger partial charge is 0.478 e. The van der Waals surface area contributed by atoms with Crippen LogP contribution < -0.4 is 0 Å². The fraction of sp³-hybridized carbons (Fsp3) is 0.304. The second kappa shape index (κ2) is 8.07. The number of aromatic carboxylic acids is 1. The van der Waals surface area contributed by atoms with Crippen LogP contribution in [0.25, 0.3) is 10.9 Å². The molecule has 1 amide bonds. The fourth-order valence-corrected chi connectivity index (χ4v) is 4.25. The normalized spacial score (nSPS) is 15.0. The number of carboxylic acids is 1. The molecule has 29 heavy (non-hydrogen) atoms. The Kier molecular flexibility index (Phi) is 5.34. The molecule has 2 aromatic carbocycles. The lowest BCUT2D eigenvalue weighted by Gasteiger charge is -2.32. The number of hydrogen-bond acceptors (Lipinski definition) is 2. The minimum Gasteiger partial charge on any atom is -0.478 e. The Morgan fingerprint density at radius 1 is 1.14 bits per heavy atom. The molecule has 5 nitrogen and oxygen atoms in total. The third kappa shape index (κ3) is 4.01. The number of carbonyl (C=O) groups is 2. The molecule has 3 aromatic rings. The summed E-state index contributed by atoms with van der Waals surface area (Å²) >= 11 is 0. The van der Waals surface area contributed by atoms with E-state index in [1.165, 1.54) is 17.7 Å². The standard InChI is InChI=1S/C23H23FN2O3/c24-17-6-7-19-20(14-25-21(19)13-17)16-9-11-26(12-10-16)22(27)8-5-15-3-1-2-4-18(15)23(28)29/h1-4,6-7,13-14,16,25H,5,8-12H2,(H,28,29). The number of likely N-dealkylation sites (tertiary alicyclic amines) is 1. The lowest BCUT2D eigenvalue weighted by molar-refractivity contribution is -0.132. The van der Waals surface area contributed by atoms with Crippen molar-refractivity contribution in [2.75, 3.05) is 13.1 Å². The molecule has 1 fully saturated rings. The van der Waals surface area contributed by atoms with Gasteiger partial charge in [0, 0.05) is 36.6 Å². The van der Waals surface area contributed by atoms with Crippen LogP contribution >= 0.6 is 0 Å². The Balaban J connectivity index is 1.36. The molecular formula is C23H23FN2O3. The van der Waals surface area contributed by atoms with Crippen molar-refractivity contribution >= 4 is 22.8 Å². The molecule has 0 radical (unpaired) electrons. The number of aromatic nitrogens is 1. The van der Waals surface area contributed by atoms with Gasteiger partial charge in [-0.15, -0.1) is 0 Å². The molecule has 1 saturated heterocycles. The summed E-state index contributed by atoms with van der Waals surface area (Å²) in [7, 11) is 0. The van der Waals surface area contributed by atoms with Gasteiger partial charge in [0.2, 0.25) is 5.91 Å². The molecule has 0 aliphatic carbocycles. The van der Waals surface area contributed by atoms with Gasteiger partial charge in [-0.05, 0) is 60.6 Å². The highest BCUT2D eigenvalue weighted by Crippen LogP contribution is 2.33. The molecule has 150 valence electrons. The number of halogens is 1. The summed E-state index contributed by atoms with van der Waals surface area (Å²) in [6.45, 7) is 1.36. The quantitative estimate of drug-likeness (QED) is 0.676. The van der Waals surface area contributed by atoms with E-state index >= 15 is 0 Å². The lowest BCUT2D eigenvalue weighted by atomic mass is 9.89. The Morgan fingerprint density at radius 3 is 2.66 bits per heavy atom. The molecule has 1 aromatic heterocycles. The van der Waals surface area contributed by atoms with Crippen molar-refractivity contribution in [2.45, 2.75) is 31.6 Å². The summed E-state index contributed by atoms with van der Waals surface area (Å²) in [6.07, 6.45) is 4.41. The van der Waals surface area contributed by atoms with Gasteiger partial charge in [0.1, 0.15) is 5.82 Å². The summed E-state index contributed by atoms with van der Waals surface area (Å²) in [5.41, 5.74) is 2.93. The molecule has 0 unspecified atom stereocenters. The number of carboxylic acid groups (broad SMARTS) is 1. The third-order valence-electron chi connectivity index (χ3n) is 5.82. The van der Waals surface area contributed by atoms with Crippen molar-refractivity contribution < 1.29 is 19.1 Å². The Morgan fingerprint density at radius 2 is 1.90 bits per heavy atom. The summed E-state index contributed by atoms with van der Waals surface area (Å²) in [4.78, 5) is 29.0. The molecule has 0 atom stereocenters. The van der Waals surface area contributed by atoms with Crippen LogP contribution in [0, 0.1) is 5.82 Å². The SMILES string of the molecule is O=C(O)c1ccccc1CCC(=O)N1CCC(c2c[nH]c3cc(F)ccc23)CC1. The Labute approximate surface area is 168 Å². The molecule has 1 aliphatic rings. The van der Waals surface area contributed by atoms with Crippen LogP contribution in [-0.4, -0.2) is 40.0 Å². The first-order valence-electron chi connectivity index (χ1n) is 9.88. The van der Waals surface area contributed by atoms with Gasteiger partial charge in [0.15, 0.2) is 0 Å². The fourth-order valence-electron chi connectivity index (χ4n) is 4.25. The topological polar surface area (TPSA) is 73.4 Å². The molecule has 4 rings (SSSR count). The van der Waals surface area contributed by atoms with E-state index in [9.17, 15) is 19.1 Å². The maximum absolute atomic E-state index is 13.4. The van der Waals surface area contributed by atoms with Gasteiger partial charge >= 0.3 is 5.97 Å². The van der Waals surface area contributed by atoms with E-state index in [-0.39, 0.29) is 17.3 Å². The monoisotopic (exact) mass is 394 g/mol. The molecule has 0 bridgehead atoms. The van der Waals surface area contributed by atoms with Gasteiger partial charge in [0.05, 0.1) is 5.56 Å². The first-order chi connectivity index (χ1) is 14.0. The molecule has 2 heterocycles. The van der Waals surface area contributed by atoms with Crippen molar-refractivity contribution in [3.05, 3.63) is 71.2 Å². The predicted octanol–water partition coefficient (Wildman–Crippen LogP) is 4.34. The van der Waals surface area contributed by atoms with Gasteiger partial charge in [0.25, 0.3) is 0 Å². The highest BCUT2D eigenvalue weighted by molar-refractivity contribution is 5.89. The maximum Gasteiger partial charge on any atom is 0.335 e. The predicted molar refractivity (Wildman–Crippen MR) is 109 cm³/mol. The number of nitrogens with zero attached hydrogens (tertiary/aromatic N) is 1. The molecule has 2 N–H and O–H groups in total. The zero-order valence-electron chi connectivity index (χ0n) is 16.0. The molecule has 1 aliphatic heterocycles. The highest BCUT2D eigenvalue weighted by atomic mass is 19.1. The summed E-state index contributed by atoms with van der Waals surface area (Å²) in [5, 5.41) is 10.3. The lowest BCUT2D eigenvalue weighted by Crippen LogP contribution is -2.38. The average Bonchev–Trinajstić information content (AvgIpc) is 3.15. The van der Waals surface area contributed by atoms with Gasteiger partial charge in [-0.2, -0.15) is 0 Å². The minimum atomic E-state index is -0.965. The van der Waals surface area contributed by atoms with E-state index in [1.807, 2.05) is 17.2 Å². The first-order valence-corrected chi connectivity index (χ1v) is 9.88. The van der Waals surface area contributed by atoms with E-state index in [4.69, 9.17) is 0 Å². The van der Waals surface area contributed by atoms with Crippen molar-refractivity contribution in [1.29, 1.82) is 0 Å². The van der Waals surface area contributed by atoms with Gasteiger partial charge in [-0.3, -0.25) is 4.79 Å². The van der Waals surface area contributed by atoms with Gasteiger partial charge < -0.3 is 15.0 Å². The van der Waals surface area contributed by atoms with Crippen LogP contribution in [-0.2, 0) is 11.2 Å². The van der Waals surface area contributed by atoms with E-state index in [2.05, 4.69) is 4.98 Å². The van der Waals surface area contributed by atoms with Crippen molar-refractivity contribution in [2.24, 2.45) is 0 Å². The van der Waals surface area contributed by atoms with Gasteiger partial charge in [-0.1, -0.05) is 18.2 Å². The number of H-pyrrole nitrogens is 1. The number of piperidine rings is 1. The van der Waals surface area contributed by atoms with E-state index in [0.717, 1.165) is 23.7 Å². The van der Waals surface area contributed by atoms with Crippen LogP contribution in [0.1, 0.15) is 46.7 Å². The highest BCUT2D eigenvalue weighted by Gasteiger charge is 2.25. The van der Waals surface area contributed by atoms with Crippen LogP contribution in [0.2, 0.25) is 0 Å². The number of hydrogen-bond donors (Lipinski definition) is 2. The Bertz CT molecular complexity index is 1050. The number of rotatable bonds is 5. The van der Waals surface area contributed by atoms with Crippen molar-refractivity contribution in [3.63, 3.8) is 0 Å². The van der Waals surface area contributed by atoms with Crippen molar-refractivity contribution in [3.8, 4) is 0 Å². The number of carbonyl (C=O) groups excluding carboxylic acids is 1. The summed E-state index contributed by atoms with van der Waals surface area (Å²) in [6, 6.07) is 11.6. The zero-order chi connectivity index (χ0) is 20.4. The number of benzene rings is 2. The molecule has 0 saturated carbocycles. The zero-order valence-corrected chi connectivity index (χ0v) is 16.0. The number of aromatic amines is 1. The second-order valence-electron chi connectivity index (χ2n) is 7.55. The number of aryl methyl sites for hydroxylation is 1. The van der Waals surface area contributed by atoms with Crippen LogP contribution in [0.15, 0.2) is 48.7 Å². The Hall–Kier alpha value is -3.15. The molecular weight excluding hydrogens is 371 g/mol. The van der Waals surface area contributed by atoms with Gasteiger partial charge in [-0.25, -0.2) is 9.18 Å². The summed E-state index contributed by atoms with van der Waals surface area (Å²) in [5.74, 6) is -0.820. The average molecular weight is 394 g/mol. The van der Waals surface area contributed by atoms with E-state index in [1.54, 1.807) is 24.3 Å².